The van der Waals surface area contributed by atoms with Gasteiger partial charge in [0, 0.05) is 24.0 Å². The molecule has 0 fully saturated rings. The number of nitrogens with zero attached hydrogens (tertiary/aromatic N) is 1. The Morgan fingerprint density at radius 2 is 2.27 bits per heavy atom. The van der Waals surface area contributed by atoms with Gasteiger partial charge >= 0.3 is 0 Å². The second-order valence-corrected chi connectivity index (χ2v) is 4.85. The fraction of sp³-hybridized carbons (Fsp3) is 0.667. The number of hydrogen-bond donors (Lipinski definition) is 1. The molecule has 0 saturated carbocycles. The lowest BCUT2D eigenvalue weighted by molar-refractivity contribution is 0.193. The van der Waals surface area contributed by atoms with Crippen molar-refractivity contribution < 1.29 is 0 Å². The third kappa shape index (κ3) is 3.93. The third-order valence-corrected chi connectivity index (χ3v) is 3.62. The molecule has 2 nitrogen and oxygen atoms in total. The minimum Gasteiger partial charge on any atom is -0.329 e. The van der Waals surface area contributed by atoms with Crippen LogP contribution in [0.25, 0.3) is 0 Å². The average Bonchev–Trinajstić information content (AvgIpc) is 2.75. The summed E-state index contributed by atoms with van der Waals surface area (Å²) in [6.07, 6.45) is 2.42. The van der Waals surface area contributed by atoms with E-state index in [0.29, 0.717) is 6.04 Å². The summed E-state index contributed by atoms with van der Waals surface area (Å²) in [4.78, 5) is 3.92. The van der Waals surface area contributed by atoms with Crippen molar-refractivity contribution in [2.75, 3.05) is 13.1 Å². The number of thiophene rings is 1. The van der Waals surface area contributed by atoms with E-state index in [-0.39, 0.29) is 0 Å². The van der Waals surface area contributed by atoms with Gasteiger partial charge in [0.15, 0.2) is 0 Å². The highest BCUT2D eigenvalue weighted by Gasteiger charge is 2.14. The van der Waals surface area contributed by atoms with Gasteiger partial charge < -0.3 is 5.73 Å². The first kappa shape index (κ1) is 12.7. The molecule has 0 aromatic carbocycles. The molecule has 0 radical (unpaired) electrons. The fourth-order valence-electron chi connectivity index (χ4n) is 1.88. The molecule has 0 spiro atoms. The Kier molecular flexibility index (Phi) is 5.91. The Morgan fingerprint density at radius 3 is 2.73 bits per heavy atom. The van der Waals surface area contributed by atoms with Gasteiger partial charge in [-0.25, -0.2) is 0 Å². The van der Waals surface area contributed by atoms with Crippen LogP contribution in [-0.2, 0) is 6.54 Å². The molecule has 0 aliphatic rings. The molecule has 3 heteroatoms. The second kappa shape index (κ2) is 6.99. The number of rotatable bonds is 7. The SMILES string of the molecule is CCCC(CN)N(CC)Cc1cccs1. The van der Waals surface area contributed by atoms with Gasteiger partial charge in [-0.3, -0.25) is 4.90 Å². The minimum absolute atomic E-state index is 0.544. The zero-order valence-corrected chi connectivity index (χ0v) is 10.6. The molecular weight excluding hydrogens is 204 g/mol. The summed E-state index contributed by atoms with van der Waals surface area (Å²) >= 11 is 1.83. The summed E-state index contributed by atoms with van der Waals surface area (Å²) in [6, 6.07) is 4.86. The summed E-state index contributed by atoms with van der Waals surface area (Å²) in [5.74, 6) is 0. The topological polar surface area (TPSA) is 29.3 Å². The molecule has 86 valence electrons. The van der Waals surface area contributed by atoms with E-state index in [1.54, 1.807) is 0 Å². The average molecular weight is 226 g/mol. The van der Waals surface area contributed by atoms with Crippen LogP contribution in [0.2, 0.25) is 0 Å². The van der Waals surface area contributed by atoms with Crippen molar-refractivity contribution in [1.82, 2.24) is 4.90 Å². The van der Waals surface area contributed by atoms with Crippen LogP contribution in [0.15, 0.2) is 17.5 Å². The van der Waals surface area contributed by atoms with Crippen LogP contribution in [0, 0.1) is 0 Å². The van der Waals surface area contributed by atoms with Gasteiger partial charge in [0.1, 0.15) is 0 Å². The van der Waals surface area contributed by atoms with Crippen molar-refractivity contribution in [3.8, 4) is 0 Å². The van der Waals surface area contributed by atoms with E-state index < -0.39 is 0 Å². The van der Waals surface area contributed by atoms with Gasteiger partial charge in [-0.2, -0.15) is 0 Å². The van der Waals surface area contributed by atoms with Crippen molar-refractivity contribution in [2.24, 2.45) is 5.73 Å². The summed E-state index contributed by atoms with van der Waals surface area (Å²) in [5.41, 5.74) is 5.83. The molecule has 0 aliphatic carbocycles. The Bertz CT molecular complexity index is 246. The Balaban J connectivity index is 2.53. The van der Waals surface area contributed by atoms with Gasteiger partial charge in [-0.05, 0) is 24.4 Å². The highest BCUT2D eigenvalue weighted by atomic mass is 32.1. The summed E-state index contributed by atoms with van der Waals surface area (Å²) in [6.45, 7) is 7.34. The normalized spacial score (nSPS) is 13.3. The molecule has 1 atom stereocenters. The lowest BCUT2D eigenvalue weighted by Gasteiger charge is -2.29. The molecule has 0 bridgehead atoms. The third-order valence-electron chi connectivity index (χ3n) is 2.76. The van der Waals surface area contributed by atoms with Crippen LogP contribution in [0.4, 0.5) is 0 Å². The minimum atomic E-state index is 0.544. The molecule has 1 aromatic rings. The predicted molar refractivity (Wildman–Crippen MR) is 68.2 cm³/mol. The maximum atomic E-state index is 5.83. The maximum absolute atomic E-state index is 5.83. The first-order chi connectivity index (χ1) is 7.31. The molecule has 2 N–H and O–H groups in total. The smallest absolute Gasteiger partial charge is 0.0331 e. The lowest BCUT2D eigenvalue weighted by Crippen LogP contribution is -2.39. The molecule has 0 aliphatic heterocycles. The van der Waals surface area contributed by atoms with Crippen LogP contribution in [0.1, 0.15) is 31.6 Å². The van der Waals surface area contributed by atoms with Gasteiger partial charge in [0.2, 0.25) is 0 Å². The van der Waals surface area contributed by atoms with Crippen molar-refractivity contribution >= 4 is 11.3 Å². The van der Waals surface area contributed by atoms with Crippen molar-refractivity contribution in [1.29, 1.82) is 0 Å². The molecule has 15 heavy (non-hydrogen) atoms. The number of likely N-dealkylation sites (N-methyl/N-ethyl adjacent to an activating group) is 1. The van der Waals surface area contributed by atoms with E-state index in [1.807, 2.05) is 11.3 Å². The molecule has 1 heterocycles. The lowest BCUT2D eigenvalue weighted by atomic mass is 10.1. The van der Waals surface area contributed by atoms with E-state index in [4.69, 9.17) is 5.73 Å². The van der Waals surface area contributed by atoms with Crippen molar-refractivity contribution in [3.05, 3.63) is 22.4 Å². The maximum Gasteiger partial charge on any atom is 0.0331 e. The Morgan fingerprint density at radius 1 is 1.47 bits per heavy atom. The predicted octanol–water partition coefficient (Wildman–Crippen LogP) is 2.70. The first-order valence-corrected chi connectivity index (χ1v) is 6.66. The van der Waals surface area contributed by atoms with Crippen molar-refractivity contribution in [2.45, 2.75) is 39.3 Å². The van der Waals surface area contributed by atoms with Crippen LogP contribution >= 0.6 is 11.3 Å². The zero-order valence-electron chi connectivity index (χ0n) is 9.78. The number of nitrogens with two attached hydrogens (primary N) is 1. The molecule has 1 unspecified atom stereocenters. The Labute approximate surface area is 97.1 Å². The highest BCUT2D eigenvalue weighted by molar-refractivity contribution is 7.09. The van der Waals surface area contributed by atoms with E-state index in [0.717, 1.165) is 19.6 Å². The number of hydrogen-bond acceptors (Lipinski definition) is 3. The zero-order chi connectivity index (χ0) is 11.1. The standard InChI is InChI=1S/C12H22N2S/c1-3-6-11(9-13)14(4-2)10-12-7-5-8-15-12/h5,7-8,11H,3-4,6,9-10,13H2,1-2H3. The second-order valence-electron chi connectivity index (χ2n) is 3.82. The van der Waals surface area contributed by atoms with Gasteiger partial charge in [0.05, 0.1) is 0 Å². The molecule has 0 amide bonds. The van der Waals surface area contributed by atoms with Crippen molar-refractivity contribution in [3.63, 3.8) is 0 Å². The largest absolute Gasteiger partial charge is 0.329 e. The van der Waals surface area contributed by atoms with Crippen LogP contribution in [0.5, 0.6) is 0 Å². The van der Waals surface area contributed by atoms with E-state index in [2.05, 4.69) is 36.3 Å². The van der Waals surface area contributed by atoms with Crippen LogP contribution in [0.3, 0.4) is 0 Å². The Hall–Kier alpha value is -0.380. The molecule has 0 saturated heterocycles. The van der Waals surface area contributed by atoms with Gasteiger partial charge in [-0.15, -0.1) is 11.3 Å². The monoisotopic (exact) mass is 226 g/mol. The quantitative estimate of drug-likeness (QED) is 0.774. The molecule has 1 rings (SSSR count). The summed E-state index contributed by atoms with van der Waals surface area (Å²) in [5, 5.41) is 2.14. The van der Waals surface area contributed by atoms with Crippen LogP contribution < -0.4 is 5.73 Å². The molecule has 1 aromatic heterocycles. The first-order valence-electron chi connectivity index (χ1n) is 5.78. The fourth-order valence-corrected chi connectivity index (χ4v) is 2.61. The summed E-state index contributed by atoms with van der Waals surface area (Å²) < 4.78 is 0. The van der Waals surface area contributed by atoms with Gasteiger partial charge in [-0.1, -0.05) is 26.3 Å². The van der Waals surface area contributed by atoms with E-state index >= 15 is 0 Å². The van der Waals surface area contributed by atoms with Gasteiger partial charge in [0.25, 0.3) is 0 Å². The van der Waals surface area contributed by atoms with E-state index in [1.165, 1.54) is 17.7 Å². The van der Waals surface area contributed by atoms with Crippen LogP contribution in [-0.4, -0.2) is 24.0 Å². The molecular formula is C12H22N2S. The van der Waals surface area contributed by atoms with E-state index in [9.17, 15) is 0 Å². The summed E-state index contributed by atoms with van der Waals surface area (Å²) in [7, 11) is 0. The highest BCUT2D eigenvalue weighted by Crippen LogP contribution is 2.15.